The number of benzene rings is 2. The van der Waals surface area contributed by atoms with E-state index < -0.39 is 0 Å². The zero-order valence-corrected chi connectivity index (χ0v) is 15.1. The minimum Gasteiger partial charge on any atom is -0.485 e. The zero-order chi connectivity index (χ0) is 18.1. The number of carbonyl (C=O) groups excluding carboxylic acids is 2. The molecule has 0 bridgehead atoms. The van der Waals surface area contributed by atoms with Gasteiger partial charge in [-0.05, 0) is 49.8 Å². The second-order valence-corrected chi connectivity index (χ2v) is 6.51. The standard InChI is InChI=1S/C19H14Cl2O4/c1-10(22)9-24-16-6-5-14-18(23)17(25-19(14)11(16)2)7-12-3-4-13(20)8-15(12)21/h3-8H,9H2,1-2H3/b17-7-. The van der Waals surface area contributed by atoms with Gasteiger partial charge in [-0.25, -0.2) is 0 Å². The summed E-state index contributed by atoms with van der Waals surface area (Å²) in [6.45, 7) is 3.19. The normalized spacial score (nSPS) is 14.4. The molecule has 3 rings (SSSR count). The molecule has 0 saturated heterocycles. The van der Waals surface area contributed by atoms with Gasteiger partial charge in [-0.3, -0.25) is 9.59 Å². The first kappa shape index (κ1) is 17.5. The van der Waals surface area contributed by atoms with Gasteiger partial charge in [0.15, 0.2) is 11.5 Å². The molecular weight excluding hydrogens is 363 g/mol. The van der Waals surface area contributed by atoms with Gasteiger partial charge < -0.3 is 9.47 Å². The van der Waals surface area contributed by atoms with Crippen LogP contribution in [0.2, 0.25) is 10.0 Å². The van der Waals surface area contributed by atoms with E-state index in [1.54, 1.807) is 43.3 Å². The van der Waals surface area contributed by atoms with Crippen molar-refractivity contribution in [1.29, 1.82) is 0 Å². The highest BCUT2D eigenvalue weighted by Gasteiger charge is 2.30. The Bertz CT molecular complexity index is 916. The van der Waals surface area contributed by atoms with Gasteiger partial charge >= 0.3 is 0 Å². The highest BCUT2D eigenvalue weighted by Crippen LogP contribution is 2.39. The number of ketones is 2. The fourth-order valence-corrected chi connectivity index (χ4v) is 2.93. The third-order valence-electron chi connectivity index (χ3n) is 3.72. The third-order valence-corrected chi connectivity index (χ3v) is 4.28. The summed E-state index contributed by atoms with van der Waals surface area (Å²) < 4.78 is 11.2. The molecule has 0 N–H and O–H groups in total. The lowest BCUT2D eigenvalue weighted by Gasteiger charge is -2.10. The van der Waals surface area contributed by atoms with Crippen molar-refractivity contribution in [1.82, 2.24) is 0 Å². The maximum Gasteiger partial charge on any atom is 0.231 e. The Morgan fingerprint density at radius 3 is 2.68 bits per heavy atom. The van der Waals surface area contributed by atoms with Crippen LogP contribution in [-0.4, -0.2) is 18.2 Å². The molecule has 128 valence electrons. The van der Waals surface area contributed by atoms with Gasteiger partial charge in [-0.1, -0.05) is 29.3 Å². The molecule has 2 aromatic carbocycles. The van der Waals surface area contributed by atoms with Crippen LogP contribution in [0.15, 0.2) is 36.1 Å². The number of rotatable bonds is 4. The van der Waals surface area contributed by atoms with Gasteiger partial charge in [-0.15, -0.1) is 0 Å². The van der Waals surface area contributed by atoms with E-state index in [0.29, 0.717) is 38.2 Å². The lowest BCUT2D eigenvalue weighted by Crippen LogP contribution is -2.07. The van der Waals surface area contributed by atoms with Gasteiger partial charge in [0.2, 0.25) is 5.78 Å². The largest absolute Gasteiger partial charge is 0.485 e. The summed E-state index contributed by atoms with van der Waals surface area (Å²) in [5.74, 6) is 0.790. The van der Waals surface area contributed by atoms with E-state index in [1.165, 1.54) is 6.92 Å². The molecule has 0 unspecified atom stereocenters. The van der Waals surface area contributed by atoms with E-state index in [0.717, 1.165) is 0 Å². The molecule has 0 saturated carbocycles. The van der Waals surface area contributed by atoms with Crippen molar-refractivity contribution in [3.63, 3.8) is 0 Å². The minimum atomic E-state index is -0.234. The van der Waals surface area contributed by atoms with Gasteiger partial charge in [-0.2, -0.15) is 0 Å². The number of allylic oxidation sites excluding steroid dienone is 1. The van der Waals surface area contributed by atoms with Crippen molar-refractivity contribution < 1.29 is 19.1 Å². The van der Waals surface area contributed by atoms with Crippen molar-refractivity contribution >= 4 is 40.8 Å². The first-order chi connectivity index (χ1) is 11.9. The number of fused-ring (bicyclic) bond motifs is 1. The first-order valence-electron chi connectivity index (χ1n) is 7.52. The topological polar surface area (TPSA) is 52.6 Å². The maximum atomic E-state index is 12.6. The fourth-order valence-electron chi connectivity index (χ4n) is 2.46. The summed E-state index contributed by atoms with van der Waals surface area (Å²) in [5, 5.41) is 0.937. The maximum absolute atomic E-state index is 12.6. The Balaban J connectivity index is 1.94. The average molecular weight is 377 g/mol. The lowest BCUT2D eigenvalue weighted by atomic mass is 10.1. The van der Waals surface area contributed by atoms with E-state index in [4.69, 9.17) is 32.7 Å². The number of Topliss-reactive ketones (excluding diaryl/α,β-unsaturated/α-hetero) is 2. The quantitative estimate of drug-likeness (QED) is 0.713. The summed E-state index contributed by atoms with van der Waals surface area (Å²) >= 11 is 12.0. The average Bonchev–Trinajstić information content (AvgIpc) is 2.87. The molecule has 2 aromatic rings. The van der Waals surface area contributed by atoms with Crippen LogP contribution in [0.5, 0.6) is 11.5 Å². The highest BCUT2D eigenvalue weighted by molar-refractivity contribution is 6.35. The van der Waals surface area contributed by atoms with Gasteiger partial charge in [0.25, 0.3) is 0 Å². The molecular formula is C19H14Cl2O4. The number of hydrogen-bond acceptors (Lipinski definition) is 4. The smallest absolute Gasteiger partial charge is 0.231 e. The molecule has 0 spiro atoms. The van der Waals surface area contributed by atoms with Crippen molar-refractivity contribution in [3.05, 3.63) is 62.8 Å². The second-order valence-electron chi connectivity index (χ2n) is 5.66. The third kappa shape index (κ3) is 3.55. The summed E-state index contributed by atoms with van der Waals surface area (Å²) in [6.07, 6.45) is 1.58. The van der Waals surface area contributed by atoms with Crippen LogP contribution in [0.4, 0.5) is 0 Å². The van der Waals surface area contributed by atoms with Crippen molar-refractivity contribution in [3.8, 4) is 11.5 Å². The first-order valence-corrected chi connectivity index (χ1v) is 8.27. The van der Waals surface area contributed by atoms with Crippen molar-refractivity contribution in [2.75, 3.05) is 6.61 Å². The number of halogens is 2. The van der Waals surface area contributed by atoms with Crippen LogP contribution in [0, 0.1) is 6.92 Å². The molecule has 0 aliphatic carbocycles. The summed E-state index contributed by atoms with van der Waals surface area (Å²) in [4.78, 5) is 23.6. The number of ether oxygens (including phenoxy) is 2. The zero-order valence-electron chi connectivity index (χ0n) is 13.6. The molecule has 0 radical (unpaired) electrons. The molecule has 0 aromatic heterocycles. The Hall–Kier alpha value is -2.30. The number of hydrogen-bond donors (Lipinski definition) is 0. The van der Waals surface area contributed by atoms with Crippen LogP contribution in [0.25, 0.3) is 6.08 Å². The van der Waals surface area contributed by atoms with Crippen LogP contribution in [-0.2, 0) is 4.79 Å². The van der Waals surface area contributed by atoms with E-state index in [1.807, 2.05) is 0 Å². The van der Waals surface area contributed by atoms with Gasteiger partial charge in [0.1, 0.15) is 18.1 Å². The Morgan fingerprint density at radius 2 is 2.00 bits per heavy atom. The molecule has 1 aliphatic rings. The fraction of sp³-hybridized carbons (Fsp3) is 0.158. The van der Waals surface area contributed by atoms with E-state index in [2.05, 4.69) is 0 Å². The Labute approximate surface area is 155 Å². The van der Waals surface area contributed by atoms with Crippen LogP contribution in [0.1, 0.15) is 28.4 Å². The molecule has 4 nitrogen and oxygen atoms in total. The summed E-state index contributed by atoms with van der Waals surface area (Å²) in [5.41, 5.74) is 1.75. The second kappa shape index (κ2) is 6.90. The molecule has 6 heteroatoms. The van der Waals surface area contributed by atoms with E-state index >= 15 is 0 Å². The van der Waals surface area contributed by atoms with Crippen LogP contribution in [0.3, 0.4) is 0 Å². The molecule has 0 fully saturated rings. The van der Waals surface area contributed by atoms with Gasteiger partial charge in [0, 0.05) is 15.6 Å². The minimum absolute atomic E-state index is 0.0311. The predicted octanol–water partition coefficient (Wildman–Crippen LogP) is 4.89. The lowest BCUT2D eigenvalue weighted by molar-refractivity contribution is -0.118. The molecule has 25 heavy (non-hydrogen) atoms. The summed E-state index contributed by atoms with van der Waals surface area (Å²) in [7, 11) is 0. The van der Waals surface area contributed by atoms with Gasteiger partial charge in [0.05, 0.1) is 5.56 Å². The van der Waals surface area contributed by atoms with Crippen molar-refractivity contribution in [2.24, 2.45) is 0 Å². The SMILES string of the molecule is CC(=O)COc1ccc2c(c1C)O/C(=C\c1ccc(Cl)cc1Cl)C2=O. The Morgan fingerprint density at radius 1 is 1.24 bits per heavy atom. The van der Waals surface area contributed by atoms with E-state index in [-0.39, 0.29) is 23.9 Å². The summed E-state index contributed by atoms with van der Waals surface area (Å²) in [6, 6.07) is 8.29. The van der Waals surface area contributed by atoms with Crippen LogP contribution >= 0.6 is 23.2 Å². The monoisotopic (exact) mass is 376 g/mol. The molecule has 1 aliphatic heterocycles. The predicted molar refractivity (Wildman–Crippen MR) is 96.8 cm³/mol. The highest BCUT2D eigenvalue weighted by atomic mass is 35.5. The van der Waals surface area contributed by atoms with Crippen LogP contribution < -0.4 is 9.47 Å². The van der Waals surface area contributed by atoms with E-state index in [9.17, 15) is 9.59 Å². The van der Waals surface area contributed by atoms with Crippen molar-refractivity contribution in [2.45, 2.75) is 13.8 Å². The molecule has 0 amide bonds. The Kier molecular flexibility index (Phi) is 4.84. The number of carbonyl (C=O) groups is 2. The molecule has 1 heterocycles. The molecule has 0 atom stereocenters.